The summed E-state index contributed by atoms with van der Waals surface area (Å²) in [5.41, 5.74) is 2.44. The quantitative estimate of drug-likeness (QED) is 0.371. The van der Waals surface area contributed by atoms with Gasteiger partial charge < -0.3 is 14.8 Å². The van der Waals surface area contributed by atoms with Crippen LogP contribution >= 0.6 is 39.9 Å². The number of nitrogens with zero attached hydrogens (tertiary/aromatic N) is 5. The Kier molecular flexibility index (Phi) is 8.82. The Bertz CT molecular complexity index is 663. The Morgan fingerprint density at radius 1 is 1.38 bits per heavy atom. The Morgan fingerprint density at radius 3 is 2.67 bits per heavy atom. The van der Waals surface area contributed by atoms with Crippen LogP contribution in [-0.4, -0.2) is 45.3 Å². The average molecular weight is 509 g/mol. The maximum atomic E-state index is 4.72. The van der Waals surface area contributed by atoms with Crippen molar-refractivity contribution in [2.75, 3.05) is 20.1 Å². The van der Waals surface area contributed by atoms with Crippen molar-refractivity contribution >= 4 is 45.9 Å². The van der Waals surface area contributed by atoms with Gasteiger partial charge in [0.1, 0.15) is 0 Å². The molecule has 0 bridgehead atoms. The zero-order chi connectivity index (χ0) is 16.8. The Balaban J connectivity index is 0.00000288. The molecule has 0 unspecified atom stereocenters. The van der Waals surface area contributed by atoms with Crippen molar-refractivity contribution in [1.29, 1.82) is 0 Å². The molecule has 0 aliphatic carbocycles. The molecule has 0 atom stereocenters. The van der Waals surface area contributed by atoms with Gasteiger partial charge in [-0.15, -0.1) is 24.0 Å². The monoisotopic (exact) mass is 508 g/mol. The van der Waals surface area contributed by atoms with Gasteiger partial charge in [0.05, 0.1) is 12.7 Å². The Hall–Kier alpha value is -1.03. The van der Waals surface area contributed by atoms with E-state index in [-0.39, 0.29) is 24.0 Å². The van der Waals surface area contributed by atoms with Crippen molar-refractivity contribution in [3.8, 4) is 0 Å². The minimum Gasteiger partial charge on any atom is -0.357 e. The van der Waals surface area contributed by atoms with Gasteiger partial charge in [0, 0.05) is 56.8 Å². The summed E-state index contributed by atoms with van der Waals surface area (Å²) in [6, 6.07) is 2.13. The molecule has 24 heavy (non-hydrogen) atoms. The van der Waals surface area contributed by atoms with Crippen LogP contribution in [0.1, 0.15) is 18.2 Å². The predicted molar refractivity (Wildman–Crippen MR) is 113 cm³/mol. The van der Waals surface area contributed by atoms with Gasteiger partial charge in [-0.25, -0.2) is 0 Å². The van der Waals surface area contributed by atoms with Gasteiger partial charge in [-0.05, 0) is 40.9 Å². The molecule has 0 saturated heterocycles. The summed E-state index contributed by atoms with van der Waals surface area (Å²) >= 11 is 3.52. The lowest BCUT2D eigenvalue weighted by atomic mass is 10.2. The minimum atomic E-state index is 0. The summed E-state index contributed by atoms with van der Waals surface area (Å²) in [5, 5.41) is 7.54. The van der Waals surface area contributed by atoms with E-state index < -0.39 is 0 Å². The molecule has 0 spiro atoms. The molecule has 0 fully saturated rings. The molecule has 0 saturated carbocycles. The van der Waals surface area contributed by atoms with Crippen LogP contribution < -0.4 is 5.32 Å². The maximum absolute atomic E-state index is 4.72. The summed E-state index contributed by atoms with van der Waals surface area (Å²) in [4.78, 5) is 6.87. The second kappa shape index (κ2) is 10.1. The maximum Gasteiger partial charge on any atom is 0.194 e. The third-order valence-corrected chi connectivity index (χ3v) is 4.02. The molecule has 8 heteroatoms. The molecule has 6 nitrogen and oxygen atoms in total. The van der Waals surface area contributed by atoms with Crippen LogP contribution in [-0.2, 0) is 27.1 Å². The summed E-state index contributed by atoms with van der Waals surface area (Å²) < 4.78 is 5.05. The molecule has 134 valence electrons. The highest BCUT2D eigenvalue weighted by atomic mass is 127. The smallest absolute Gasteiger partial charge is 0.194 e. The van der Waals surface area contributed by atoms with E-state index in [9.17, 15) is 0 Å². The van der Waals surface area contributed by atoms with Crippen molar-refractivity contribution in [3.05, 3.63) is 40.4 Å². The van der Waals surface area contributed by atoms with Crippen LogP contribution in [0, 0.1) is 0 Å². The third-order valence-electron chi connectivity index (χ3n) is 3.59. The Labute approximate surface area is 169 Å². The number of aryl methyl sites for hydroxylation is 2. The van der Waals surface area contributed by atoms with Crippen LogP contribution in [0.5, 0.6) is 0 Å². The van der Waals surface area contributed by atoms with Gasteiger partial charge in [0.25, 0.3) is 0 Å². The number of nitrogens with one attached hydrogen (secondary N) is 1. The normalized spacial score (nSPS) is 11.3. The summed E-state index contributed by atoms with van der Waals surface area (Å²) in [7, 11) is 6.05. The topological polar surface area (TPSA) is 50.4 Å². The highest BCUT2D eigenvalue weighted by Crippen LogP contribution is 2.15. The van der Waals surface area contributed by atoms with Gasteiger partial charge in [0.2, 0.25) is 0 Å². The van der Waals surface area contributed by atoms with Gasteiger partial charge in [0.15, 0.2) is 5.96 Å². The molecule has 0 radical (unpaired) electrons. The SMILES string of the molecule is CCNC(=NCCc1cnn(C)c1)N(C)Cc1cc(Br)cn1C.I. The number of aromatic nitrogens is 3. The van der Waals surface area contributed by atoms with E-state index in [1.165, 1.54) is 11.3 Å². The number of aliphatic imine (C=N–C) groups is 1. The first-order chi connectivity index (χ1) is 11.0. The predicted octanol–water partition coefficient (Wildman–Crippen LogP) is 2.78. The number of rotatable bonds is 6. The van der Waals surface area contributed by atoms with Gasteiger partial charge in [-0.1, -0.05) is 0 Å². The van der Waals surface area contributed by atoms with E-state index in [4.69, 9.17) is 4.99 Å². The molecule has 0 aliphatic heterocycles. The zero-order valence-corrected chi connectivity index (χ0v) is 18.6. The number of hydrogen-bond donors (Lipinski definition) is 1. The lowest BCUT2D eigenvalue weighted by molar-refractivity contribution is 0.462. The molecule has 0 amide bonds. The van der Waals surface area contributed by atoms with Crippen LogP contribution in [0.4, 0.5) is 0 Å². The van der Waals surface area contributed by atoms with Crippen molar-refractivity contribution in [2.24, 2.45) is 19.1 Å². The summed E-state index contributed by atoms with van der Waals surface area (Å²) in [6.07, 6.45) is 6.89. The first-order valence-electron chi connectivity index (χ1n) is 7.77. The fraction of sp³-hybridized carbons (Fsp3) is 0.500. The molecule has 2 heterocycles. The molecular weight excluding hydrogens is 483 g/mol. The molecular formula is C16H26BrIN6. The average Bonchev–Trinajstić information content (AvgIpc) is 3.03. The number of halogens is 2. The lowest BCUT2D eigenvalue weighted by Crippen LogP contribution is -2.39. The largest absolute Gasteiger partial charge is 0.357 e. The second-order valence-corrected chi connectivity index (χ2v) is 6.54. The van der Waals surface area contributed by atoms with Crippen LogP contribution in [0.2, 0.25) is 0 Å². The molecule has 0 aromatic carbocycles. The fourth-order valence-corrected chi connectivity index (χ4v) is 2.97. The van der Waals surface area contributed by atoms with E-state index >= 15 is 0 Å². The van der Waals surface area contributed by atoms with E-state index in [0.717, 1.165) is 36.5 Å². The van der Waals surface area contributed by atoms with Gasteiger partial charge in [-0.3, -0.25) is 9.67 Å². The van der Waals surface area contributed by atoms with Gasteiger partial charge >= 0.3 is 0 Å². The Morgan fingerprint density at radius 2 is 2.12 bits per heavy atom. The molecule has 1 N–H and O–H groups in total. The van der Waals surface area contributed by atoms with E-state index in [1.54, 1.807) is 0 Å². The molecule has 2 aromatic heterocycles. The summed E-state index contributed by atoms with van der Waals surface area (Å²) in [5.74, 6) is 0.925. The number of guanidine groups is 1. The van der Waals surface area contributed by atoms with E-state index in [2.05, 4.69) is 69.1 Å². The van der Waals surface area contributed by atoms with Crippen LogP contribution in [0.3, 0.4) is 0 Å². The minimum absolute atomic E-state index is 0. The summed E-state index contributed by atoms with van der Waals surface area (Å²) in [6.45, 7) is 4.49. The highest BCUT2D eigenvalue weighted by Gasteiger charge is 2.09. The van der Waals surface area contributed by atoms with Crippen molar-refractivity contribution in [1.82, 2.24) is 24.6 Å². The van der Waals surface area contributed by atoms with Gasteiger partial charge in [-0.2, -0.15) is 5.10 Å². The molecule has 2 rings (SSSR count). The first kappa shape index (κ1) is 21.0. The zero-order valence-electron chi connectivity index (χ0n) is 14.7. The lowest BCUT2D eigenvalue weighted by Gasteiger charge is -2.22. The molecule has 0 aliphatic rings. The van der Waals surface area contributed by atoms with Crippen molar-refractivity contribution in [2.45, 2.75) is 19.9 Å². The van der Waals surface area contributed by atoms with Crippen molar-refractivity contribution < 1.29 is 0 Å². The van der Waals surface area contributed by atoms with E-state index in [0.29, 0.717) is 0 Å². The molecule has 2 aromatic rings. The standard InChI is InChI=1S/C16H25BrN6.HI/c1-5-18-16(19-7-6-13-9-20-23(4)10-13)22(3)12-15-8-14(17)11-21(15)2;/h8-11H,5-7,12H2,1-4H3,(H,18,19);1H. The van der Waals surface area contributed by atoms with E-state index in [1.807, 2.05) is 24.1 Å². The second-order valence-electron chi connectivity index (χ2n) is 5.62. The fourth-order valence-electron chi connectivity index (χ4n) is 2.40. The number of hydrogen-bond acceptors (Lipinski definition) is 2. The van der Waals surface area contributed by atoms with Crippen LogP contribution in [0.25, 0.3) is 0 Å². The highest BCUT2D eigenvalue weighted by molar-refractivity contribution is 14.0. The van der Waals surface area contributed by atoms with Crippen molar-refractivity contribution in [3.63, 3.8) is 0 Å². The first-order valence-corrected chi connectivity index (χ1v) is 8.56. The van der Waals surface area contributed by atoms with Crippen LogP contribution in [0.15, 0.2) is 34.1 Å². The third kappa shape index (κ3) is 6.12.